The molecule has 2 nitrogen and oxygen atoms in total. The molecule has 0 atom stereocenters. The van der Waals surface area contributed by atoms with Gasteiger partial charge in [0.25, 0.3) is 0 Å². The van der Waals surface area contributed by atoms with Crippen LogP contribution in [0.3, 0.4) is 0 Å². The molecule has 0 heterocycles. The Morgan fingerprint density at radius 3 is 1.40 bits per heavy atom. The monoisotopic (exact) mass is 322 g/mol. The lowest BCUT2D eigenvalue weighted by molar-refractivity contribution is 0.0697. The molecule has 0 unspecified atom stereocenters. The molecule has 0 amide bonds. The number of rotatable bonds is 1. The Balaban J connectivity index is 1.97. The van der Waals surface area contributed by atoms with Crippen LogP contribution in [0, 0.1) is 23.7 Å². The van der Waals surface area contributed by atoms with Gasteiger partial charge in [-0.15, -0.1) is 0 Å². The van der Waals surface area contributed by atoms with Crippen LogP contribution in [-0.4, -0.2) is 11.1 Å². The molecule has 2 heteroatoms. The van der Waals surface area contributed by atoms with E-state index in [1.807, 2.05) is 60.7 Å². The van der Waals surface area contributed by atoms with Gasteiger partial charge >= 0.3 is 5.97 Å². The number of hydrogen-bond donors (Lipinski definition) is 1. The Kier molecular flexibility index (Phi) is 4.95. The molecule has 0 saturated heterocycles. The summed E-state index contributed by atoms with van der Waals surface area (Å²) in [7, 11) is 0. The van der Waals surface area contributed by atoms with Crippen molar-refractivity contribution in [3.8, 4) is 23.7 Å². The molecule has 3 rings (SSSR count). The van der Waals surface area contributed by atoms with E-state index in [4.69, 9.17) is 0 Å². The molecule has 3 aromatic carbocycles. The predicted molar refractivity (Wildman–Crippen MR) is 98.2 cm³/mol. The summed E-state index contributed by atoms with van der Waals surface area (Å²) in [5, 5.41) is 9.31. The maximum absolute atomic E-state index is 11.4. The van der Waals surface area contributed by atoms with Gasteiger partial charge in [0.2, 0.25) is 0 Å². The van der Waals surface area contributed by atoms with Crippen molar-refractivity contribution in [3.05, 3.63) is 107 Å². The van der Waals surface area contributed by atoms with Gasteiger partial charge in [-0.2, -0.15) is 0 Å². The van der Waals surface area contributed by atoms with Crippen LogP contribution in [0.2, 0.25) is 0 Å². The molecule has 0 aliphatic carbocycles. The molecule has 118 valence electrons. The van der Waals surface area contributed by atoms with Gasteiger partial charge in [0, 0.05) is 22.3 Å². The van der Waals surface area contributed by atoms with Crippen molar-refractivity contribution < 1.29 is 9.90 Å². The highest BCUT2D eigenvalue weighted by Gasteiger charge is 2.05. The third kappa shape index (κ3) is 4.61. The third-order valence-electron chi connectivity index (χ3n) is 3.43. The average Bonchev–Trinajstić information content (AvgIpc) is 2.66. The molecule has 1 N–H and O–H groups in total. The van der Waals surface area contributed by atoms with Crippen molar-refractivity contribution in [3.63, 3.8) is 0 Å². The van der Waals surface area contributed by atoms with Crippen molar-refractivity contribution >= 4 is 5.97 Å². The van der Waals surface area contributed by atoms with E-state index in [0.717, 1.165) is 11.1 Å². The number of hydrogen-bond acceptors (Lipinski definition) is 1. The quantitative estimate of drug-likeness (QED) is 0.682. The molecule has 0 spiro atoms. The molecular weight excluding hydrogens is 308 g/mol. The maximum atomic E-state index is 11.4. The Morgan fingerprint density at radius 1 is 0.600 bits per heavy atom. The van der Waals surface area contributed by atoms with E-state index >= 15 is 0 Å². The Bertz CT molecular complexity index is 936. The lowest BCUT2D eigenvalue weighted by Crippen LogP contribution is -1.97. The second kappa shape index (κ2) is 7.68. The maximum Gasteiger partial charge on any atom is 0.335 e. The third-order valence-corrected chi connectivity index (χ3v) is 3.43. The second-order valence-electron chi connectivity index (χ2n) is 5.34. The topological polar surface area (TPSA) is 37.3 Å². The number of carboxylic acid groups (broad SMARTS) is 1. The first kappa shape index (κ1) is 16.1. The van der Waals surface area contributed by atoms with Crippen molar-refractivity contribution in [2.75, 3.05) is 0 Å². The molecule has 0 aromatic heterocycles. The van der Waals surface area contributed by atoms with Gasteiger partial charge in [-0.05, 0) is 42.5 Å². The summed E-state index contributed by atoms with van der Waals surface area (Å²) < 4.78 is 0. The fourth-order valence-corrected chi connectivity index (χ4v) is 2.23. The normalized spacial score (nSPS) is 9.28. The van der Waals surface area contributed by atoms with Crippen LogP contribution in [0.15, 0.2) is 78.9 Å². The molecular formula is C23H14O2. The van der Waals surface area contributed by atoms with Gasteiger partial charge in [0.1, 0.15) is 0 Å². The summed E-state index contributed by atoms with van der Waals surface area (Å²) in [6.45, 7) is 0. The van der Waals surface area contributed by atoms with Crippen molar-refractivity contribution in [1.82, 2.24) is 0 Å². The van der Waals surface area contributed by atoms with Gasteiger partial charge in [0.15, 0.2) is 0 Å². The minimum Gasteiger partial charge on any atom is -0.478 e. The summed E-state index contributed by atoms with van der Waals surface area (Å²) in [5.74, 6) is 11.1. The van der Waals surface area contributed by atoms with Gasteiger partial charge in [-0.1, -0.05) is 60.1 Å². The molecule has 0 bridgehead atoms. The molecule has 25 heavy (non-hydrogen) atoms. The zero-order valence-electron chi connectivity index (χ0n) is 13.4. The molecule has 3 aromatic rings. The minimum atomic E-state index is -0.994. The molecule has 0 saturated carbocycles. The minimum absolute atomic E-state index is 0.178. The summed E-state index contributed by atoms with van der Waals surface area (Å²) >= 11 is 0. The van der Waals surface area contributed by atoms with E-state index in [-0.39, 0.29) is 5.56 Å². The van der Waals surface area contributed by atoms with Crippen molar-refractivity contribution in [2.24, 2.45) is 0 Å². The zero-order chi connectivity index (χ0) is 17.5. The number of aromatic carboxylic acids is 1. The van der Waals surface area contributed by atoms with Crippen LogP contribution in [0.5, 0.6) is 0 Å². The van der Waals surface area contributed by atoms with Crippen LogP contribution in [0.1, 0.15) is 32.6 Å². The summed E-state index contributed by atoms with van der Waals surface area (Å²) in [4.78, 5) is 11.4. The zero-order valence-corrected chi connectivity index (χ0v) is 13.4. The largest absolute Gasteiger partial charge is 0.478 e. The van der Waals surface area contributed by atoms with E-state index < -0.39 is 5.97 Å². The Labute approximate surface area is 146 Å². The van der Waals surface area contributed by atoms with Gasteiger partial charge in [-0.3, -0.25) is 0 Å². The van der Waals surface area contributed by atoms with Crippen LogP contribution < -0.4 is 0 Å². The fourth-order valence-electron chi connectivity index (χ4n) is 2.23. The molecule has 0 radical (unpaired) electrons. The SMILES string of the molecule is O=C(O)c1cc(C#Cc2ccccc2)cc(C#Cc2ccccc2)c1. The number of carboxylic acids is 1. The standard InChI is InChI=1S/C23H14O2/c24-23(25)22-16-20(13-11-18-7-3-1-4-8-18)15-21(17-22)14-12-19-9-5-2-6-10-19/h1-10,15-17H,(H,24,25). The average molecular weight is 322 g/mol. The van der Waals surface area contributed by atoms with E-state index in [9.17, 15) is 9.90 Å². The predicted octanol–water partition coefficient (Wildman–Crippen LogP) is 4.18. The van der Waals surface area contributed by atoms with Crippen molar-refractivity contribution in [1.29, 1.82) is 0 Å². The van der Waals surface area contributed by atoms with Gasteiger partial charge < -0.3 is 5.11 Å². The van der Waals surface area contributed by atoms with E-state index in [0.29, 0.717) is 11.1 Å². The number of benzene rings is 3. The summed E-state index contributed by atoms with van der Waals surface area (Å²) in [6, 6.07) is 24.0. The van der Waals surface area contributed by atoms with Gasteiger partial charge in [-0.25, -0.2) is 4.79 Å². The Morgan fingerprint density at radius 2 is 1.00 bits per heavy atom. The lowest BCUT2D eigenvalue weighted by Gasteiger charge is -1.99. The highest BCUT2D eigenvalue weighted by Crippen LogP contribution is 2.10. The lowest BCUT2D eigenvalue weighted by atomic mass is 10.0. The Hall–Kier alpha value is -3.75. The summed E-state index contributed by atoms with van der Waals surface area (Å²) in [5.41, 5.74) is 3.18. The van der Waals surface area contributed by atoms with Crippen LogP contribution in [-0.2, 0) is 0 Å². The van der Waals surface area contributed by atoms with Crippen molar-refractivity contribution in [2.45, 2.75) is 0 Å². The summed E-state index contributed by atoms with van der Waals surface area (Å²) in [6.07, 6.45) is 0. The smallest absolute Gasteiger partial charge is 0.335 e. The first-order valence-corrected chi connectivity index (χ1v) is 7.73. The van der Waals surface area contributed by atoms with E-state index in [1.54, 1.807) is 18.2 Å². The first-order valence-electron chi connectivity index (χ1n) is 7.73. The second-order valence-corrected chi connectivity index (χ2v) is 5.34. The molecule has 0 aliphatic heterocycles. The fraction of sp³-hybridized carbons (Fsp3) is 0. The molecule has 0 fully saturated rings. The first-order chi connectivity index (χ1) is 12.2. The molecule has 0 aliphatic rings. The van der Waals surface area contributed by atoms with Gasteiger partial charge in [0.05, 0.1) is 5.56 Å². The van der Waals surface area contributed by atoms with Crippen LogP contribution >= 0.6 is 0 Å². The van der Waals surface area contributed by atoms with E-state index in [2.05, 4.69) is 23.7 Å². The number of carbonyl (C=O) groups is 1. The van der Waals surface area contributed by atoms with Crippen LogP contribution in [0.25, 0.3) is 0 Å². The highest BCUT2D eigenvalue weighted by molar-refractivity contribution is 5.88. The van der Waals surface area contributed by atoms with E-state index in [1.165, 1.54) is 0 Å². The highest BCUT2D eigenvalue weighted by atomic mass is 16.4. The van der Waals surface area contributed by atoms with Crippen LogP contribution in [0.4, 0.5) is 0 Å².